The van der Waals surface area contributed by atoms with E-state index in [1.54, 1.807) is 12.1 Å². The Bertz CT molecular complexity index is 1400. The molecule has 3 heterocycles. The number of sulfonamides is 1. The molecule has 37 heavy (non-hydrogen) atoms. The van der Waals surface area contributed by atoms with Crippen LogP contribution in [0.1, 0.15) is 22.5 Å². The van der Waals surface area contributed by atoms with E-state index in [0.29, 0.717) is 30.0 Å². The van der Waals surface area contributed by atoms with Gasteiger partial charge in [-0.3, -0.25) is 9.59 Å². The number of nitrogens with one attached hydrogen (secondary N) is 2. The maximum absolute atomic E-state index is 13.3. The number of carbonyl (C=O) groups excluding carboxylic acids is 2. The molecular weight excluding hydrogens is 510 g/mol. The number of fused-ring (bicyclic) bond motifs is 1. The largest absolute Gasteiger partial charge is 0.354 e. The standard InChI is InChI=1S/C27H27N3O5S2/c1-2-25(31)29-26-15-19-12-13-30(16-23(19)35-26)37(33,34)22-10-8-21(9-11-22)28-27(32)24-14-20(17-36-24)18-6-4-3-5-7-18/h2-11,14,17,19,23,26H,1,12-13,15-16H2,(H,28,32)(H,29,31). The Morgan fingerprint density at radius 2 is 1.84 bits per heavy atom. The molecule has 0 spiro atoms. The number of thiophene rings is 1. The smallest absolute Gasteiger partial charge is 0.265 e. The zero-order chi connectivity index (χ0) is 26.0. The first-order valence-electron chi connectivity index (χ1n) is 12.0. The minimum atomic E-state index is -3.73. The van der Waals surface area contributed by atoms with Crippen molar-refractivity contribution in [2.45, 2.75) is 30.1 Å². The van der Waals surface area contributed by atoms with E-state index in [1.807, 2.05) is 41.8 Å². The second-order valence-electron chi connectivity index (χ2n) is 9.07. The molecule has 3 unspecified atom stereocenters. The summed E-state index contributed by atoms with van der Waals surface area (Å²) in [4.78, 5) is 25.0. The number of anilines is 1. The highest BCUT2D eigenvalue weighted by Crippen LogP contribution is 2.34. The van der Waals surface area contributed by atoms with Crippen molar-refractivity contribution in [3.63, 3.8) is 0 Å². The number of benzene rings is 2. The number of rotatable bonds is 7. The summed E-state index contributed by atoms with van der Waals surface area (Å²) in [6, 6.07) is 17.9. The van der Waals surface area contributed by atoms with Crippen molar-refractivity contribution in [1.29, 1.82) is 0 Å². The molecule has 5 rings (SSSR count). The summed E-state index contributed by atoms with van der Waals surface area (Å²) < 4.78 is 33.9. The van der Waals surface area contributed by atoms with Gasteiger partial charge in [-0.25, -0.2) is 8.42 Å². The Kier molecular flexibility index (Phi) is 7.25. The Balaban J connectivity index is 1.21. The van der Waals surface area contributed by atoms with E-state index in [1.165, 1.54) is 33.9 Å². The van der Waals surface area contributed by atoms with Crippen LogP contribution in [0.15, 0.2) is 83.6 Å². The Labute approximate surface area is 220 Å². The van der Waals surface area contributed by atoms with Gasteiger partial charge in [-0.2, -0.15) is 4.31 Å². The lowest BCUT2D eigenvalue weighted by Gasteiger charge is -2.33. The number of amides is 2. The second-order valence-corrected chi connectivity index (χ2v) is 11.9. The van der Waals surface area contributed by atoms with Crippen molar-refractivity contribution in [2.75, 3.05) is 18.4 Å². The molecule has 2 aliphatic rings. The van der Waals surface area contributed by atoms with Crippen LogP contribution in [-0.4, -0.2) is 50.0 Å². The Hall–Kier alpha value is -3.31. The summed E-state index contributed by atoms with van der Waals surface area (Å²) in [6.45, 7) is 4.06. The predicted octanol–water partition coefficient (Wildman–Crippen LogP) is 4.10. The molecule has 0 radical (unpaired) electrons. The molecule has 3 aromatic rings. The summed E-state index contributed by atoms with van der Waals surface area (Å²) in [5, 5.41) is 7.51. The van der Waals surface area contributed by atoms with Crippen LogP contribution < -0.4 is 10.6 Å². The molecule has 192 valence electrons. The maximum Gasteiger partial charge on any atom is 0.265 e. The lowest BCUT2D eigenvalue weighted by atomic mass is 9.94. The van der Waals surface area contributed by atoms with Gasteiger partial charge in [0, 0.05) is 18.8 Å². The van der Waals surface area contributed by atoms with E-state index in [0.717, 1.165) is 11.1 Å². The van der Waals surface area contributed by atoms with Crippen molar-refractivity contribution < 1.29 is 22.7 Å². The van der Waals surface area contributed by atoms with Crippen molar-refractivity contribution >= 4 is 38.9 Å². The van der Waals surface area contributed by atoms with E-state index < -0.39 is 16.3 Å². The molecule has 2 saturated heterocycles. The number of carbonyl (C=O) groups is 2. The highest BCUT2D eigenvalue weighted by Gasteiger charge is 2.42. The molecule has 0 saturated carbocycles. The molecule has 2 aliphatic heterocycles. The minimum Gasteiger partial charge on any atom is -0.354 e. The number of hydrogen-bond donors (Lipinski definition) is 2. The van der Waals surface area contributed by atoms with Gasteiger partial charge < -0.3 is 15.4 Å². The second kappa shape index (κ2) is 10.6. The van der Waals surface area contributed by atoms with Gasteiger partial charge in [-0.15, -0.1) is 11.3 Å². The van der Waals surface area contributed by atoms with Crippen LogP contribution in [0.25, 0.3) is 11.1 Å². The average molecular weight is 538 g/mol. The van der Waals surface area contributed by atoms with Crippen LogP contribution >= 0.6 is 11.3 Å². The fraction of sp³-hybridized carbons (Fsp3) is 0.259. The molecule has 2 fully saturated rings. The zero-order valence-corrected chi connectivity index (χ0v) is 21.6. The number of ether oxygens (including phenoxy) is 1. The molecule has 3 atom stereocenters. The summed E-state index contributed by atoms with van der Waals surface area (Å²) in [5.74, 6) is -0.365. The van der Waals surface area contributed by atoms with Crippen LogP contribution in [0.4, 0.5) is 5.69 Å². The van der Waals surface area contributed by atoms with Crippen molar-refractivity contribution in [1.82, 2.24) is 9.62 Å². The molecule has 2 N–H and O–H groups in total. The van der Waals surface area contributed by atoms with Crippen LogP contribution in [0.3, 0.4) is 0 Å². The van der Waals surface area contributed by atoms with E-state index in [-0.39, 0.29) is 35.3 Å². The summed E-state index contributed by atoms with van der Waals surface area (Å²) in [6.07, 6.45) is 1.80. The Morgan fingerprint density at radius 1 is 1.08 bits per heavy atom. The van der Waals surface area contributed by atoms with Gasteiger partial charge in [0.1, 0.15) is 6.23 Å². The number of hydrogen-bond acceptors (Lipinski definition) is 6. The van der Waals surface area contributed by atoms with E-state index in [9.17, 15) is 18.0 Å². The van der Waals surface area contributed by atoms with Gasteiger partial charge in [-0.1, -0.05) is 36.9 Å². The van der Waals surface area contributed by atoms with E-state index in [4.69, 9.17) is 4.74 Å². The van der Waals surface area contributed by atoms with Gasteiger partial charge in [-0.05, 0) is 71.7 Å². The summed E-state index contributed by atoms with van der Waals surface area (Å²) >= 11 is 1.36. The Morgan fingerprint density at radius 3 is 2.57 bits per heavy atom. The minimum absolute atomic E-state index is 0.154. The topological polar surface area (TPSA) is 105 Å². The normalized spacial score (nSPS) is 21.7. The fourth-order valence-electron chi connectivity index (χ4n) is 4.72. The SMILES string of the molecule is C=CC(=O)NC1CC2CCN(S(=O)(=O)c3ccc(NC(=O)c4cc(-c5ccccc5)cs4)cc3)CC2O1. The lowest BCUT2D eigenvalue weighted by Crippen LogP contribution is -2.45. The van der Waals surface area contributed by atoms with Gasteiger partial charge in [0.05, 0.1) is 15.9 Å². The van der Waals surface area contributed by atoms with Crippen LogP contribution in [0.2, 0.25) is 0 Å². The third-order valence-corrected chi connectivity index (χ3v) is 9.49. The van der Waals surface area contributed by atoms with Crippen molar-refractivity contribution in [3.05, 3.63) is 83.6 Å². The molecular formula is C27H27N3O5S2. The van der Waals surface area contributed by atoms with Crippen LogP contribution in [0, 0.1) is 5.92 Å². The highest BCUT2D eigenvalue weighted by molar-refractivity contribution is 7.89. The summed E-state index contributed by atoms with van der Waals surface area (Å²) in [5.41, 5.74) is 2.52. The molecule has 8 nitrogen and oxygen atoms in total. The first-order chi connectivity index (χ1) is 17.8. The highest BCUT2D eigenvalue weighted by atomic mass is 32.2. The predicted molar refractivity (Wildman–Crippen MR) is 143 cm³/mol. The van der Waals surface area contributed by atoms with Gasteiger partial charge in [0.15, 0.2) is 0 Å². The zero-order valence-electron chi connectivity index (χ0n) is 20.0. The molecule has 0 bridgehead atoms. The number of nitrogens with zero attached hydrogens (tertiary/aromatic N) is 1. The van der Waals surface area contributed by atoms with Gasteiger partial charge in [0.2, 0.25) is 15.9 Å². The van der Waals surface area contributed by atoms with E-state index in [2.05, 4.69) is 17.2 Å². The van der Waals surface area contributed by atoms with Crippen molar-refractivity contribution in [2.24, 2.45) is 5.92 Å². The molecule has 2 aromatic carbocycles. The van der Waals surface area contributed by atoms with Gasteiger partial charge in [0.25, 0.3) is 5.91 Å². The fourth-order valence-corrected chi connectivity index (χ4v) is 7.00. The third kappa shape index (κ3) is 5.52. The van der Waals surface area contributed by atoms with E-state index >= 15 is 0 Å². The van der Waals surface area contributed by atoms with Crippen LogP contribution in [-0.2, 0) is 19.6 Å². The van der Waals surface area contributed by atoms with Crippen molar-refractivity contribution in [3.8, 4) is 11.1 Å². The first-order valence-corrected chi connectivity index (χ1v) is 14.3. The monoisotopic (exact) mass is 537 g/mol. The van der Waals surface area contributed by atoms with Gasteiger partial charge >= 0.3 is 0 Å². The quantitative estimate of drug-likeness (QED) is 0.442. The lowest BCUT2D eigenvalue weighted by molar-refractivity contribution is -0.120. The molecule has 0 aliphatic carbocycles. The molecule has 10 heteroatoms. The third-order valence-electron chi connectivity index (χ3n) is 6.68. The average Bonchev–Trinajstić information content (AvgIpc) is 3.56. The molecule has 1 aromatic heterocycles. The first kappa shape index (κ1) is 25.3. The number of piperidine rings is 1. The maximum atomic E-state index is 13.3. The molecule has 2 amide bonds. The van der Waals surface area contributed by atoms with Crippen LogP contribution in [0.5, 0.6) is 0 Å². The summed E-state index contributed by atoms with van der Waals surface area (Å²) in [7, 11) is -3.73.